The van der Waals surface area contributed by atoms with E-state index in [2.05, 4.69) is 14.9 Å². The predicted octanol–water partition coefficient (Wildman–Crippen LogP) is 4.75. The molecule has 0 spiro atoms. The number of anilines is 3. The highest BCUT2D eigenvalue weighted by Gasteiger charge is 2.21. The molecule has 4 rings (SSSR count). The Morgan fingerprint density at radius 1 is 0.971 bits per heavy atom. The Morgan fingerprint density at radius 2 is 1.68 bits per heavy atom. The van der Waals surface area contributed by atoms with Crippen LogP contribution in [0.4, 0.5) is 17.1 Å². The molecular weight excluding hydrogens is 450 g/mol. The van der Waals surface area contributed by atoms with Gasteiger partial charge in [0.15, 0.2) is 0 Å². The van der Waals surface area contributed by atoms with Crippen molar-refractivity contribution in [1.29, 1.82) is 0 Å². The predicted molar refractivity (Wildman–Crippen MR) is 136 cm³/mol. The summed E-state index contributed by atoms with van der Waals surface area (Å²) in [6, 6.07) is 20.9. The largest absolute Gasteiger partial charge is 0.497 e. The van der Waals surface area contributed by atoms with Crippen LogP contribution in [0, 0.1) is 0 Å². The summed E-state index contributed by atoms with van der Waals surface area (Å²) in [6.45, 7) is 1.72. The van der Waals surface area contributed by atoms with Crippen molar-refractivity contribution in [2.75, 3.05) is 35.1 Å². The summed E-state index contributed by atoms with van der Waals surface area (Å²) in [5.74, 6) is 0.299. The molecule has 34 heavy (non-hydrogen) atoms. The van der Waals surface area contributed by atoms with Gasteiger partial charge >= 0.3 is 0 Å². The fourth-order valence-corrected chi connectivity index (χ4v) is 4.88. The Bertz CT molecular complexity index is 1270. The molecule has 1 aliphatic rings. The second-order valence-electron chi connectivity index (χ2n) is 7.94. The van der Waals surface area contributed by atoms with Gasteiger partial charge in [0.2, 0.25) is 5.91 Å². The third-order valence-electron chi connectivity index (χ3n) is 5.55. The van der Waals surface area contributed by atoms with Gasteiger partial charge in [0.25, 0.3) is 10.0 Å². The Morgan fingerprint density at radius 3 is 2.35 bits per heavy atom. The van der Waals surface area contributed by atoms with Gasteiger partial charge in [-0.1, -0.05) is 30.3 Å². The molecule has 3 aromatic rings. The number of amides is 1. The number of carbonyl (C=O) groups is 1. The lowest BCUT2D eigenvalue weighted by Gasteiger charge is -2.22. The zero-order valence-electron chi connectivity index (χ0n) is 18.9. The quantitative estimate of drug-likeness (QED) is 0.457. The number of methoxy groups -OCH3 is 1. The van der Waals surface area contributed by atoms with Crippen LogP contribution in [0.25, 0.3) is 6.08 Å². The summed E-state index contributed by atoms with van der Waals surface area (Å²) in [5.41, 5.74) is 2.59. The summed E-state index contributed by atoms with van der Waals surface area (Å²) in [5, 5.41) is 2.87. The van der Waals surface area contributed by atoms with Crippen LogP contribution in [0.1, 0.15) is 18.4 Å². The van der Waals surface area contributed by atoms with Crippen molar-refractivity contribution in [2.24, 2.45) is 0 Å². The summed E-state index contributed by atoms with van der Waals surface area (Å²) in [6.07, 6.45) is 5.28. The first-order valence-corrected chi connectivity index (χ1v) is 12.5. The molecule has 8 heteroatoms. The molecule has 1 amide bonds. The monoisotopic (exact) mass is 477 g/mol. The van der Waals surface area contributed by atoms with E-state index >= 15 is 0 Å². The van der Waals surface area contributed by atoms with Gasteiger partial charge in [-0.3, -0.25) is 9.52 Å². The minimum Gasteiger partial charge on any atom is -0.497 e. The van der Waals surface area contributed by atoms with E-state index in [0.29, 0.717) is 17.1 Å². The number of sulfonamides is 1. The molecule has 0 saturated carbocycles. The maximum absolute atomic E-state index is 13.1. The lowest BCUT2D eigenvalue weighted by molar-refractivity contribution is -0.111. The molecule has 0 atom stereocenters. The summed E-state index contributed by atoms with van der Waals surface area (Å²) < 4.78 is 33.8. The van der Waals surface area contributed by atoms with E-state index in [4.69, 9.17) is 4.74 Å². The van der Waals surface area contributed by atoms with Gasteiger partial charge in [0.1, 0.15) is 5.75 Å². The normalized spacial score (nSPS) is 13.7. The van der Waals surface area contributed by atoms with Gasteiger partial charge in [0, 0.05) is 24.9 Å². The third-order valence-corrected chi connectivity index (χ3v) is 6.93. The van der Waals surface area contributed by atoms with Crippen molar-refractivity contribution >= 4 is 39.1 Å². The van der Waals surface area contributed by atoms with Crippen LogP contribution >= 0.6 is 0 Å². The lowest BCUT2D eigenvalue weighted by Crippen LogP contribution is -2.21. The van der Waals surface area contributed by atoms with Crippen LogP contribution in [-0.2, 0) is 14.8 Å². The number of carbonyl (C=O) groups excluding carboxylic acids is 1. The summed E-state index contributed by atoms with van der Waals surface area (Å²) >= 11 is 0. The summed E-state index contributed by atoms with van der Waals surface area (Å²) in [4.78, 5) is 14.9. The molecule has 1 fully saturated rings. The highest BCUT2D eigenvalue weighted by atomic mass is 32.2. The molecular formula is C26H27N3O4S. The second-order valence-corrected chi connectivity index (χ2v) is 9.62. The zero-order chi connectivity index (χ0) is 24.0. The molecule has 3 aromatic carbocycles. The first-order valence-electron chi connectivity index (χ1n) is 11.0. The average Bonchev–Trinajstić information content (AvgIpc) is 3.38. The molecule has 1 aliphatic heterocycles. The van der Waals surface area contributed by atoms with Gasteiger partial charge in [-0.2, -0.15) is 0 Å². The van der Waals surface area contributed by atoms with E-state index in [9.17, 15) is 13.2 Å². The average molecular weight is 478 g/mol. The fourth-order valence-electron chi connectivity index (χ4n) is 3.80. The number of nitrogens with zero attached hydrogens (tertiary/aromatic N) is 1. The number of ether oxygens (including phenoxy) is 1. The third kappa shape index (κ3) is 5.77. The van der Waals surface area contributed by atoms with Crippen molar-refractivity contribution in [3.05, 3.63) is 84.4 Å². The highest BCUT2D eigenvalue weighted by molar-refractivity contribution is 7.92. The topological polar surface area (TPSA) is 87.7 Å². The van der Waals surface area contributed by atoms with E-state index in [-0.39, 0.29) is 10.8 Å². The maximum Gasteiger partial charge on any atom is 0.261 e. The number of rotatable bonds is 8. The van der Waals surface area contributed by atoms with Crippen LogP contribution in [0.15, 0.2) is 83.8 Å². The highest BCUT2D eigenvalue weighted by Crippen LogP contribution is 2.32. The molecule has 0 bridgehead atoms. The van der Waals surface area contributed by atoms with Crippen molar-refractivity contribution in [3.63, 3.8) is 0 Å². The van der Waals surface area contributed by atoms with E-state index in [1.54, 1.807) is 49.6 Å². The molecule has 2 N–H and O–H groups in total. The van der Waals surface area contributed by atoms with E-state index in [0.717, 1.165) is 37.2 Å². The van der Waals surface area contributed by atoms with E-state index < -0.39 is 10.0 Å². The molecule has 0 radical (unpaired) electrons. The molecule has 1 saturated heterocycles. The van der Waals surface area contributed by atoms with Crippen LogP contribution in [-0.4, -0.2) is 34.5 Å². The molecule has 0 aliphatic carbocycles. The molecule has 0 unspecified atom stereocenters. The van der Waals surface area contributed by atoms with Crippen LogP contribution in [0.2, 0.25) is 0 Å². The van der Waals surface area contributed by atoms with Gasteiger partial charge in [-0.05, 0) is 66.9 Å². The molecule has 7 nitrogen and oxygen atoms in total. The van der Waals surface area contributed by atoms with Crippen molar-refractivity contribution in [1.82, 2.24) is 0 Å². The smallest absolute Gasteiger partial charge is 0.261 e. The molecule has 0 aromatic heterocycles. The minimum absolute atomic E-state index is 0.0635. The van der Waals surface area contributed by atoms with Crippen LogP contribution < -0.4 is 19.7 Å². The number of nitrogens with one attached hydrogen (secondary N) is 2. The standard InChI is InChI=1S/C26H27N3O4S/c1-33-22-12-10-21(11-13-22)28-34(31,32)23-14-15-25(29-17-5-6-18-29)24(19-23)27-26(30)16-9-20-7-3-2-4-8-20/h2-4,7-16,19,28H,5-6,17-18H2,1H3,(H,27,30). The number of hydrogen-bond acceptors (Lipinski definition) is 5. The second kappa shape index (κ2) is 10.4. The Hall–Kier alpha value is -3.78. The van der Waals surface area contributed by atoms with Crippen LogP contribution in [0.3, 0.4) is 0 Å². The van der Waals surface area contributed by atoms with E-state index in [1.165, 1.54) is 12.1 Å². The zero-order valence-corrected chi connectivity index (χ0v) is 19.7. The van der Waals surface area contributed by atoms with Crippen molar-refractivity contribution in [2.45, 2.75) is 17.7 Å². The maximum atomic E-state index is 13.1. The Labute approximate surface area is 200 Å². The Balaban J connectivity index is 1.59. The summed E-state index contributed by atoms with van der Waals surface area (Å²) in [7, 11) is -2.32. The number of benzene rings is 3. The van der Waals surface area contributed by atoms with Crippen molar-refractivity contribution in [3.8, 4) is 5.75 Å². The van der Waals surface area contributed by atoms with Gasteiger partial charge < -0.3 is 15.0 Å². The minimum atomic E-state index is -3.87. The van der Waals surface area contributed by atoms with Gasteiger partial charge in [-0.15, -0.1) is 0 Å². The fraction of sp³-hybridized carbons (Fsp3) is 0.192. The first kappa shape index (κ1) is 23.4. The lowest BCUT2D eigenvalue weighted by atomic mass is 10.2. The van der Waals surface area contributed by atoms with Crippen LogP contribution in [0.5, 0.6) is 5.75 Å². The van der Waals surface area contributed by atoms with E-state index in [1.807, 2.05) is 30.3 Å². The Kier molecular flexibility index (Phi) is 7.18. The molecule has 176 valence electrons. The van der Waals surface area contributed by atoms with Gasteiger partial charge in [-0.25, -0.2) is 8.42 Å². The number of hydrogen-bond donors (Lipinski definition) is 2. The molecule has 1 heterocycles. The first-order chi connectivity index (χ1) is 16.4. The SMILES string of the molecule is COc1ccc(NS(=O)(=O)c2ccc(N3CCCC3)c(NC(=O)C=Cc3ccccc3)c2)cc1. The van der Waals surface area contributed by atoms with Crippen molar-refractivity contribution < 1.29 is 17.9 Å². The van der Waals surface area contributed by atoms with Gasteiger partial charge in [0.05, 0.1) is 23.4 Å².